The van der Waals surface area contributed by atoms with Gasteiger partial charge >= 0.3 is 5.97 Å². The van der Waals surface area contributed by atoms with Gasteiger partial charge in [-0.25, -0.2) is 0 Å². The molecule has 0 unspecified atom stereocenters. The third-order valence-corrected chi connectivity index (χ3v) is 5.47. The largest absolute Gasteiger partial charge is 0.453 e. The average molecular weight is 387 g/mol. The number of nitrogens with one attached hydrogen (secondary N) is 2. The maximum atomic E-state index is 12.2. The molecule has 0 aromatic carbocycles. The lowest BCUT2D eigenvalue weighted by Crippen LogP contribution is -2.38. The molecular formula is C21H29N3O4. The number of nitrogens with zero attached hydrogens (tertiary/aromatic N) is 1. The normalized spacial score (nSPS) is 15.5. The van der Waals surface area contributed by atoms with E-state index in [0.29, 0.717) is 30.1 Å². The van der Waals surface area contributed by atoms with Crippen LogP contribution in [0.25, 0.3) is 0 Å². The molecule has 152 valence electrons. The topological polar surface area (TPSA) is 112 Å². The number of ether oxygens (including phenoxy) is 1. The number of carbonyl (C=O) groups is 2. The third-order valence-electron chi connectivity index (χ3n) is 5.47. The molecule has 2 rings (SSSR count). The van der Waals surface area contributed by atoms with Crippen LogP contribution in [0.1, 0.15) is 67.8 Å². The van der Waals surface area contributed by atoms with E-state index in [0.717, 1.165) is 18.4 Å². The summed E-state index contributed by atoms with van der Waals surface area (Å²) in [7, 11) is 0. The van der Waals surface area contributed by atoms with Gasteiger partial charge in [0, 0.05) is 18.7 Å². The van der Waals surface area contributed by atoms with E-state index in [1.807, 2.05) is 6.07 Å². The van der Waals surface area contributed by atoms with E-state index in [2.05, 4.69) is 10.3 Å². The second-order valence-corrected chi connectivity index (χ2v) is 7.55. The minimum Gasteiger partial charge on any atom is -0.453 e. The molecule has 1 aromatic heterocycles. The predicted molar refractivity (Wildman–Crippen MR) is 105 cm³/mol. The van der Waals surface area contributed by atoms with Gasteiger partial charge in [0.15, 0.2) is 6.10 Å². The molecule has 0 bridgehead atoms. The number of rotatable bonds is 7. The predicted octanol–water partition coefficient (Wildman–Crippen LogP) is 2.42. The average Bonchev–Trinajstić information content (AvgIpc) is 2.66. The van der Waals surface area contributed by atoms with Crippen LogP contribution >= 0.6 is 0 Å². The lowest BCUT2D eigenvalue weighted by Gasteiger charge is -2.22. The number of aromatic amines is 1. The first kappa shape index (κ1) is 21.7. The lowest BCUT2D eigenvalue weighted by atomic mass is 9.89. The van der Waals surface area contributed by atoms with Crippen molar-refractivity contribution in [3.8, 4) is 6.07 Å². The fourth-order valence-corrected chi connectivity index (χ4v) is 3.74. The molecular weight excluding hydrogens is 358 g/mol. The molecule has 1 aliphatic carbocycles. The van der Waals surface area contributed by atoms with Crippen LogP contribution in [-0.2, 0) is 20.7 Å². The van der Waals surface area contributed by atoms with Crippen LogP contribution in [0, 0.1) is 31.1 Å². The molecule has 1 heterocycles. The van der Waals surface area contributed by atoms with Crippen molar-refractivity contribution < 1.29 is 14.3 Å². The zero-order valence-corrected chi connectivity index (χ0v) is 16.9. The summed E-state index contributed by atoms with van der Waals surface area (Å²) >= 11 is 0. The SMILES string of the molecule is Cc1[nH]c(=O)c(C#N)c(C)c1CCC(=O)O[C@H](C)C(=O)NCC1CCCCC1. The van der Waals surface area contributed by atoms with Gasteiger partial charge in [0.25, 0.3) is 11.5 Å². The Morgan fingerprint density at radius 1 is 1.29 bits per heavy atom. The maximum absolute atomic E-state index is 12.2. The van der Waals surface area contributed by atoms with Crippen LogP contribution in [0.4, 0.5) is 0 Å². The summed E-state index contributed by atoms with van der Waals surface area (Å²) in [5.74, 6) is -0.243. The number of carbonyl (C=O) groups excluding carboxylic acids is 2. The summed E-state index contributed by atoms with van der Waals surface area (Å²) in [5, 5.41) is 12.0. The lowest BCUT2D eigenvalue weighted by molar-refractivity contribution is -0.154. The Labute approximate surface area is 165 Å². The number of esters is 1. The zero-order valence-electron chi connectivity index (χ0n) is 16.9. The van der Waals surface area contributed by atoms with E-state index in [-0.39, 0.29) is 17.9 Å². The molecule has 1 amide bonds. The molecule has 0 aliphatic heterocycles. The first-order valence-corrected chi connectivity index (χ1v) is 9.93. The molecule has 1 saturated carbocycles. The fraction of sp³-hybridized carbons (Fsp3) is 0.619. The minimum atomic E-state index is -0.844. The first-order chi connectivity index (χ1) is 13.3. The fourth-order valence-electron chi connectivity index (χ4n) is 3.74. The quantitative estimate of drug-likeness (QED) is 0.698. The van der Waals surface area contributed by atoms with Crippen LogP contribution in [0.3, 0.4) is 0 Å². The number of aryl methyl sites for hydroxylation is 1. The van der Waals surface area contributed by atoms with E-state index in [1.54, 1.807) is 20.8 Å². The van der Waals surface area contributed by atoms with Crippen LogP contribution in [0.2, 0.25) is 0 Å². The number of amides is 1. The van der Waals surface area contributed by atoms with E-state index in [4.69, 9.17) is 10.00 Å². The van der Waals surface area contributed by atoms with Gasteiger partial charge in [0.05, 0.1) is 0 Å². The molecule has 0 saturated heterocycles. The standard InChI is InChI=1S/C21H29N3O4/c1-13-17(14(2)24-21(27)18(13)11-22)9-10-19(25)28-15(3)20(26)23-12-16-7-5-4-6-8-16/h15-16H,4-10,12H2,1-3H3,(H,23,26)(H,24,27)/t15-/m1/s1. The van der Waals surface area contributed by atoms with Crippen LogP contribution in [0.15, 0.2) is 4.79 Å². The van der Waals surface area contributed by atoms with Gasteiger partial charge in [0.1, 0.15) is 11.6 Å². The van der Waals surface area contributed by atoms with E-state index < -0.39 is 17.6 Å². The van der Waals surface area contributed by atoms with Gasteiger partial charge in [-0.15, -0.1) is 0 Å². The summed E-state index contributed by atoms with van der Waals surface area (Å²) in [6.07, 6.45) is 5.52. The van der Waals surface area contributed by atoms with Gasteiger partial charge in [-0.2, -0.15) is 5.26 Å². The number of hydrogen-bond donors (Lipinski definition) is 2. The van der Waals surface area contributed by atoms with E-state index in [1.165, 1.54) is 19.3 Å². The first-order valence-electron chi connectivity index (χ1n) is 9.93. The molecule has 28 heavy (non-hydrogen) atoms. The van der Waals surface area contributed by atoms with Crippen LogP contribution < -0.4 is 10.9 Å². The van der Waals surface area contributed by atoms with Crippen molar-refractivity contribution in [2.45, 2.75) is 71.8 Å². The van der Waals surface area contributed by atoms with Crippen LogP contribution in [-0.4, -0.2) is 29.5 Å². The number of hydrogen-bond acceptors (Lipinski definition) is 5. The van der Waals surface area contributed by atoms with Gasteiger partial charge < -0.3 is 15.0 Å². The highest BCUT2D eigenvalue weighted by atomic mass is 16.5. The highest BCUT2D eigenvalue weighted by Gasteiger charge is 2.21. The minimum absolute atomic E-state index is 0.0597. The van der Waals surface area contributed by atoms with Gasteiger partial charge in [0.2, 0.25) is 0 Å². The highest BCUT2D eigenvalue weighted by Crippen LogP contribution is 2.22. The monoisotopic (exact) mass is 387 g/mol. The third kappa shape index (κ3) is 5.69. The molecule has 7 heteroatoms. The second kappa shape index (κ2) is 10.1. The molecule has 0 radical (unpaired) electrons. The van der Waals surface area contributed by atoms with Crippen molar-refractivity contribution in [2.75, 3.05) is 6.54 Å². The second-order valence-electron chi connectivity index (χ2n) is 7.55. The zero-order chi connectivity index (χ0) is 20.7. The Hall–Kier alpha value is -2.62. The molecule has 1 atom stereocenters. The van der Waals surface area contributed by atoms with Crippen molar-refractivity contribution in [3.05, 3.63) is 32.7 Å². The van der Waals surface area contributed by atoms with Gasteiger partial charge in [-0.3, -0.25) is 14.4 Å². The van der Waals surface area contributed by atoms with Crippen molar-refractivity contribution in [2.24, 2.45) is 5.92 Å². The summed E-state index contributed by atoms with van der Waals surface area (Å²) < 4.78 is 5.25. The number of pyridine rings is 1. The number of H-pyrrole nitrogens is 1. The Morgan fingerprint density at radius 2 is 1.96 bits per heavy atom. The van der Waals surface area contributed by atoms with Crippen LogP contribution in [0.5, 0.6) is 0 Å². The van der Waals surface area contributed by atoms with Crippen molar-refractivity contribution in [1.29, 1.82) is 5.26 Å². The number of aromatic nitrogens is 1. The highest BCUT2D eigenvalue weighted by molar-refractivity contribution is 5.83. The Bertz CT molecular complexity index is 816. The Kier molecular flexibility index (Phi) is 7.80. The summed E-state index contributed by atoms with van der Waals surface area (Å²) in [5.41, 5.74) is 1.60. The van der Waals surface area contributed by atoms with Gasteiger partial charge in [-0.1, -0.05) is 19.3 Å². The maximum Gasteiger partial charge on any atom is 0.306 e. The molecule has 2 N–H and O–H groups in total. The molecule has 1 fully saturated rings. The van der Waals surface area contributed by atoms with E-state index in [9.17, 15) is 14.4 Å². The smallest absolute Gasteiger partial charge is 0.306 e. The Morgan fingerprint density at radius 3 is 2.61 bits per heavy atom. The van der Waals surface area contributed by atoms with E-state index >= 15 is 0 Å². The van der Waals surface area contributed by atoms with Crippen molar-refractivity contribution in [3.63, 3.8) is 0 Å². The van der Waals surface area contributed by atoms with Crippen molar-refractivity contribution in [1.82, 2.24) is 10.3 Å². The summed E-state index contributed by atoms with van der Waals surface area (Å²) in [6, 6.07) is 1.89. The summed E-state index contributed by atoms with van der Waals surface area (Å²) in [4.78, 5) is 38.7. The molecule has 1 aliphatic rings. The molecule has 0 spiro atoms. The number of nitriles is 1. The van der Waals surface area contributed by atoms with Crippen molar-refractivity contribution >= 4 is 11.9 Å². The summed E-state index contributed by atoms with van der Waals surface area (Å²) in [6.45, 7) is 5.63. The molecule has 1 aromatic rings. The van der Waals surface area contributed by atoms with Gasteiger partial charge in [-0.05, 0) is 57.1 Å². The Balaban J connectivity index is 1.84. The molecule has 7 nitrogen and oxygen atoms in total.